The molecule has 0 radical (unpaired) electrons. The van der Waals surface area contributed by atoms with Crippen molar-refractivity contribution in [1.82, 2.24) is 0 Å². The lowest BCUT2D eigenvalue weighted by Gasteiger charge is -2.45. The summed E-state index contributed by atoms with van der Waals surface area (Å²) >= 11 is 0. The molecular formula is C24H46O2. The van der Waals surface area contributed by atoms with Crippen LogP contribution in [0.1, 0.15) is 93.9 Å². The molecule has 0 aliphatic heterocycles. The van der Waals surface area contributed by atoms with Crippen molar-refractivity contribution in [2.75, 3.05) is 0 Å². The Kier molecular flexibility index (Phi) is 6.93. The highest BCUT2D eigenvalue weighted by Gasteiger charge is 2.42. The molecule has 0 aromatic heterocycles. The predicted octanol–water partition coefficient (Wildman–Crippen LogP) is 5.91. The average molecular weight is 367 g/mol. The fourth-order valence-corrected chi connectivity index (χ4v) is 5.88. The highest BCUT2D eigenvalue weighted by atomic mass is 16.3. The van der Waals surface area contributed by atoms with E-state index in [1.54, 1.807) is 0 Å². The second-order valence-corrected chi connectivity index (χ2v) is 12.1. The molecule has 0 amide bonds. The molecule has 0 saturated heterocycles. The van der Waals surface area contributed by atoms with E-state index in [0.717, 1.165) is 25.7 Å². The molecule has 2 rings (SSSR count). The molecule has 2 heteroatoms. The smallest absolute Gasteiger partial charge is 0.0576 e. The average Bonchev–Trinajstić information content (AvgIpc) is 2.58. The standard InChI is InChI=1S/C24H46O2/c1-15-9-20(25)14-19(23(3,4)5)12-17(15)11-18-13-21(24(6,7)8)22(26)10-16(18)2/h15-22,25-26H,9-14H2,1-8H3. The number of hydrogen-bond acceptors (Lipinski definition) is 2. The summed E-state index contributed by atoms with van der Waals surface area (Å²) in [5.41, 5.74) is 0.447. The third-order valence-corrected chi connectivity index (χ3v) is 7.97. The van der Waals surface area contributed by atoms with Crippen molar-refractivity contribution in [2.24, 2.45) is 46.3 Å². The zero-order chi connectivity index (χ0) is 19.9. The Balaban J connectivity index is 2.13. The molecule has 8 atom stereocenters. The van der Waals surface area contributed by atoms with Gasteiger partial charge in [-0.15, -0.1) is 0 Å². The Hall–Kier alpha value is -0.0800. The van der Waals surface area contributed by atoms with Gasteiger partial charge in [-0.1, -0.05) is 55.4 Å². The predicted molar refractivity (Wildman–Crippen MR) is 111 cm³/mol. The van der Waals surface area contributed by atoms with E-state index < -0.39 is 0 Å². The summed E-state index contributed by atoms with van der Waals surface area (Å²) < 4.78 is 0. The maximum Gasteiger partial charge on any atom is 0.0576 e. The van der Waals surface area contributed by atoms with Gasteiger partial charge in [-0.25, -0.2) is 0 Å². The topological polar surface area (TPSA) is 40.5 Å². The summed E-state index contributed by atoms with van der Waals surface area (Å²) in [5.74, 6) is 3.65. The molecule has 0 heterocycles. The van der Waals surface area contributed by atoms with Gasteiger partial charge in [0.2, 0.25) is 0 Å². The van der Waals surface area contributed by atoms with Crippen molar-refractivity contribution in [3.63, 3.8) is 0 Å². The van der Waals surface area contributed by atoms with Crippen molar-refractivity contribution in [2.45, 2.75) is 106 Å². The first-order chi connectivity index (χ1) is 11.8. The van der Waals surface area contributed by atoms with E-state index in [0.29, 0.717) is 35.5 Å². The summed E-state index contributed by atoms with van der Waals surface area (Å²) in [6.45, 7) is 18.6. The lowest BCUT2D eigenvalue weighted by molar-refractivity contribution is -0.0370. The van der Waals surface area contributed by atoms with Gasteiger partial charge in [0.05, 0.1) is 12.2 Å². The van der Waals surface area contributed by atoms with E-state index in [2.05, 4.69) is 55.4 Å². The van der Waals surface area contributed by atoms with Crippen LogP contribution in [0.25, 0.3) is 0 Å². The van der Waals surface area contributed by atoms with Crippen LogP contribution in [-0.2, 0) is 0 Å². The number of aliphatic hydroxyl groups excluding tert-OH is 2. The highest BCUT2D eigenvalue weighted by Crippen LogP contribution is 2.48. The first-order valence-corrected chi connectivity index (χ1v) is 11.1. The van der Waals surface area contributed by atoms with Crippen molar-refractivity contribution in [3.8, 4) is 0 Å². The molecule has 0 aromatic rings. The molecule has 26 heavy (non-hydrogen) atoms. The molecule has 2 fully saturated rings. The summed E-state index contributed by atoms with van der Waals surface area (Å²) in [5, 5.41) is 21.2. The molecule has 0 aromatic carbocycles. The monoisotopic (exact) mass is 366 g/mol. The van der Waals surface area contributed by atoms with Gasteiger partial charge in [-0.2, -0.15) is 0 Å². The van der Waals surface area contributed by atoms with E-state index in [9.17, 15) is 10.2 Å². The molecule has 0 bridgehead atoms. The lowest BCUT2D eigenvalue weighted by atomic mass is 9.61. The van der Waals surface area contributed by atoms with Crippen molar-refractivity contribution < 1.29 is 10.2 Å². The molecule has 2 N–H and O–H groups in total. The number of hydrogen-bond donors (Lipinski definition) is 2. The molecule has 2 aliphatic carbocycles. The van der Waals surface area contributed by atoms with Crippen LogP contribution in [0.5, 0.6) is 0 Å². The van der Waals surface area contributed by atoms with Crippen LogP contribution in [0, 0.1) is 46.3 Å². The third-order valence-electron chi connectivity index (χ3n) is 7.97. The minimum Gasteiger partial charge on any atom is -0.393 e. The van der Waals surface area contributed by atoms with E-state index in [1.165, 1.54) is 12.8 Å². The largest absolute Gasteiger partial charge is 0.393 e. The lowest BCUT2D eigenvalue weighted by Crippen LogP contribution is -2.41. The SMILES string of the molecule is CC1CC(O)CC(C(C)(C)C)CC1CC1CC(C(C)(C)C)C(O)CC1C. The fraction of sp³-hybridized carbons (Fsp3) is 1.00. The van der Waals surface area contributed by atoms with Crippen molar-refractivity contribution in [3.05, 3.63) is 0 Å². The summed E-state index contributed by atoms with van der Waals surface area (Å²) in [6.07, 6.45) is 6.31. The van der Waals surface area contributed by atoms with E-state index in [1.807, 2.05) is 0 Å². The van der Waals surface area contributed by atoms with Crippen LogP contribution in [0.2, 0.25) is 0 Å². The van der Waals surface area contributed by atoms with Gasteiger partial charge in [0.15, 0.2) is 0 Å². The summed E-state index contributed by atoms with van der Waals surface area (Å²) in [4.78, 5) is 0. The Morgan fingerprint density at radius 1 is 0.692 bits per heavy atom. The quantitative estimate of drug-likeness (QED) is 0.597. The van der Waals surface area contributed by atoms with Gasteiger partial charge in [0.1, 0.15) is 0 Å². The van der Waals surface area contributed by atoms with Gasteiger partial charge in [-0.3, -0.25) is 0 Å². The van der Waals surface area contributed by atoms with Crippen LogP contribution in [-0.4, -0.2) is 22.4 Å². The Bertz CT molecular complexity index is 444. The first-order valence-electron chi connectivity index (χ1n) is 11.1. The summed E-state index contributed by atoms with van der Waals surface area (Å²) in [7, 11) is 0. The van der Waals surface area contributed by atoms with Crippen LogP contribution in [0.15, 0.2) is 0 Å². The summed E-state index contributed by atoms with van der Waals surface area (Å²) in [6, 6.07) is 0. The van der Waals surface area contributed by atoms with Crippen molar-refractivity contribution >= 4 is 0 Å². The van der Waals surface area contributed by atoms with Crippen LogP contribution in [0.4, 0.5) is 0 Å². The maximum absolute atomic E-state index is 10.6. The van der Waals surface area contributed by atoms with Crippen molar-refractivity contribution in [1.29, 1.82) is 0 Å². The molecule has 2 aliphatic rings. The minimum absolute atomic E-state index is 0.132. The normalized spacial score (nSPS) is 43.2. The second kappa shape index (κ2) is 8.11. The molecule has 8 unspecified atom stereocenters. The van der Waals surface area contributed by atoms with Gasteiger partial charge in [-0.05, 0) is 84.9 Å². The zero-order valence-corrected chi connectivity index (χ0v) is 18.8. The van der Waals surface area contributed by atoms with Gasteiger partial charge in [0.25, 0.3) is 0 Å². The zero-order valence-electron chi connectivity index (χ0n) is 18.8. The Morgan fingerprint density at radius 3 is 1.77 bits per heavy atom. The van der Waals surface area contributed by atoms with Gasteiger partial charge < -0.3 is 10.2 Å². The third kappa shape index (κ3) is 5.47. The van der Waals surface area contributed by atoms with Crippen LogP contribution < -0.4 is 0 Å². The molecular weight excluding hydrogens is 320 g/mol. The van der Waals surface area contributed by atoms with E-state index >= 15 is 0 Å². The maximum atomic E-state index is 10.6. The second-order valence-electron chi connectivity index (χ2n) is 12.1. The highest BCUT2D eigenvalue weighted by molar-refractivity contribution is 4.92. The number of rotatable bonds is 2. The van der Waals surface area contributed by atoms with E-state index in [4.69, 9.17) is 0 Å². The Labute approximate surface area is 163 Å². The molecule has 2 saturated carbocycles. The number of aliphatic hydroxyl groups is 2. The van der Waals surface area contributed by atoms with Gasteiger partial charge >= 0.3 is 0 Å². The Morgan fingerprint density at radius 2 is 1.23 bits per heavy atom. The minimum atomic E-state index is -0.142. The van der Waals surface area contributed by atoms with Crippen LogP contribution in [0.3, 0.4) is 0 Å². The van der Waals surface area contributed by atoms with Crippen LogP contribution >= 0.6 is 0 Å². The molecule has 154 valence electrons. The molecule has 2 nitrogen and oxygen atoms in total. The van der Waals surface area contributed by atoms with Gasteiger partial charge in [0, 0.05) is 0 Å². The fourth-order valence-electron chi connectivity index (χ4n) is 5.88. The molecule has 0 spiro atoms. The first kappa shape index (κ1) is 22.2. The van der Waals surface area contributed by atoms with E-state index in [-0.39, 0.29) is 23.0 Å².